The highest BCUT2D eigenvalue weighted by Gasteiger charge is 2.59. The number of rotatable bonds is 19. The fraction of sp³-hybridized carbons (Fsp3) is 1.00. The highest BCUT2D eigenvalue weighted by Crippen LogP contribution is 2.39. The molecule has 38 heteroatoms. The van der Waals surface area contributed by atoms with Gasteiger partial charge in [0, 0.05) is 0 Å². The van der Waals surface area contributed by atoms with Crippen LogP contribution in [0.25, 0.3) is 0 Å². The Kier molecular flexibility index (Phi) is 20.0. The number of hydrogen-bond donors (Lipinski definition) is 18. The molecule has 74 heavy (non-hydrogen) atoms. The second-order valence-corrected chi connectivity index (χ2v) is 20.1. The molecule has 2 bridgehead atoms. The van der Waals surface area contributed by atoms with Crippen molar-refractivity contribution >= 4 is 20.8 Å². The summed E-state index contributed by atoms with van der Waals surface area (Å²) in [5.41, 5.74) is 0. The van der Waals surface area contributed by atoms with E-state index in [2.05, 4.69) is 8.37 Å². The first-order chi connectivity index (χ1) is 34.7. The fourth-order valence-corrected chi connectivity index (χ4v) is 9.76. The van der Waals surface area contributed by atoms with E-state index < -0.39 is 238 Å². The van der Waals surface area contributed by atoms with E-state index in [1.54, 1.807) is 0 Å². The maximum Gasteiger partial charge on any atom is 0.397 e. The van der Waals surface area contributed by atoms with Gasteiger partial charge in [-0.25, -0.2) is 8.37 Å². The molecule has 0 spiro atoms. The van der Waals surface area contributed by atoms with E-state index in [1.165, 1.54) is 0 Å². The summed E-state index contributed by atoms with van der Waals surface area (Å²) in [7, 11) is -10.5. The molecule has 0 aromatic heterocycles. The van der Waals surface area contributed by atoms with Crippen LogP contribution in [0.2, 0.25) is 0 Å². The van der Waals surface area contributed by atoms with Crippen LogP contribution in [0.1, 0.15) is 0 Å². The van der Waals surface area contributed by atoms with Crippen molar-refractivity contribution in [2.45, 2.75) is 184 Å². The zero-order chi connectivity index (χ0) is 54.5. The molecule has 0 aliphatic carbocycles. The normalized spacial score (nSPS) is 50.5. The van der Waals surface area contributed by atoms with Crippen LogP contribution in [0.4, 0.5) is 0 Å². The first-order valence-electron chi connectivity index (χ1n) is 22.4. The summed E-state index contributed by atoms with van der Waals surface area (Å²) < 4.78 is 139. The molecule has 7 fully saturated rings. The minimum absolute atomic E-state index is 0.318. The van der Waals surface area contributed by atoms with E-state index in [4.69, 9.17) is 61.4 Å². The van der Waals surface area contributed by atoms with Gasteiger partial charge in [0.05, 0.1) is 39.6 Å². The minimum Gasteiger partial charge on any atom is -0.394 e. The van der Waals surface area contributed by atoms with Crippen molar-refractivity contribution in [1.29, 1.82) is 0 Å². The highest BCUT2D eigenvalue weighted by molar-refractivity contribution is 7.81. The zero-order valence-corrected chi connectivity index (χ0v) is 39.4. The van der Waals surface area contributed by atoms with E-state index in [1.807, 2.05) is 0 Å². The molecular formula is C36H60O36S2. The van der Waals surface area contributed by atoms with Gasteiger partial charge in [0.2, 0.25) is 0 Å². The molecule has 0 aromatic carbocycles. The molecule has 0 aromatic rings. The van der Waals surface area contributed by atoms with Crippen LogP contribution in [0.3, 0.4) is 0 Å². The summed E-state index contributed by atoms with van der Waals surface area (Å²) in [6.45, 7) is -5.76. The van der Waals surface area contributed by atoms with Crippen molar-refractivity contribution in [2.24, 2.45) is 0 Å². The zero-order valence-electron chi connectivity index (χ0n) is 37.8. The molecule has 7 aliphatic heterocycles. The highest BCUT2D eigenvalue weighted by atomic mass is 32.3. The molecule has 7 heterocycles. The monoisotopic (exact) mass is 1130 g/mol. The lowest BCUT2D eigenvalue weighted by Gasteiger charge is -2.49. The summed E-state index contributed by atoms with van der Waals surface area (Å²) in [6, 6.07) is 0. The largest absolute Gasteiger partial charge is 0.397 e. The summed E-state index contributed by atoms with van der Waals surface area (Å²) in [5.74, 6) is 0. The van der Waals surface area contributed by atoms with Crippen LogP contribution >= 0.6 is 0 Å². The van der Waals surface area contributed by atoms with Crippen molar-refractivity contribution in [3.8, 4) is 0 Å². The quantitative estimate of drug-likeness (QED) is 0.0534. The number of ether oxygens (including phenoxy) is 12. The van der Waals surface area contributed by atoms with Crippen molar-refractivity contribution < 1.29 is 173 Å². The Balaban J connectivity index is 1.05. The minimum atomic E-state index is -5.37. The van der Waals surface area contributed by atoms with Gasteiger partial charge >= 0.3 is 20.8 Å². The molecule has 0 amide bonds. The van der Waals surface area contributed by atoms with Gasteiger partial charge in [0.25, 0.3) is 0 Å². The first-order valence-corrected chi connectivity index (χ1v) is 25.1. The number of fused-ring (bicyclic) bond motifs is 2. The van der Waals surface area contributed by atoms with E-state index in [0.29, 0.717) is 0 Å². The topological polar surface area (TPSA) is 562 Å². The van der Waals surface area contributed by atoms with Crippen molar-refractivity contribution in [3.63, 3.8) is 0 Å². The van der Waals surface area contributed by atoms with Crippen LogP contribution in [0.15, 0.2) is 0 Å². The van der Waals surface area contributed by atoms with Gasteiger partial charge in [-0.05, 0) is 0 Å². The third-order valence-corrected chi connectivity index (χ3v) is 13.9. The molecule has 0 saturated carbocycles. The summed E-state index contributed by atoms with van der Waals surface area (Å²) >= 11 is 0. The van der Waals surface area contributed by atoms with Crippen molar-refractivity contribution in [2.75, 3.05) is 39.6 Å². The van der Waals surface area contributed by atoms with E-state index >= 15 is 0 Å². The Labute approximate surface area is 416 Å². The molecule has 1 unspecified atom stereocenters. The molecule has 18 N–H and O–H groups in total. The molecule has 30 atom stereocenters. The number of hydrogen-bond acceptors (Lipinski definition) is 34. The third-order valence-electron chi connectivity index (χ3n) is 13.1. The average Bonchev–Trinajstić information content (AvgIpc) is 3.65. The number of aliphatic hydroxyl groups excluding tert-OH is 16. The maximum absolute atomic E-state index is 11.7. The standard InChI is InChI=1S/C36H60O36S2/c37-1-7-14(41)27(21(48)31(52)62-7)70-36-24(51)30-26(11(66-36)4-59-30)69-35-23(50)29(16(43)9(3-39)64-35)72-33-20(47)18(45)25(12(67-33)6-61-74(56,57)58)68-34-22(49)28(15(42)8(2-38)63-34)71-32-19(46)17(44)13(40)10(65-32)5-60-73(53,54)55/h7-52H,1-6H2,(H,53,54,55)(H,56,57,58)/t7-,8-,9-,10+,11+,12+,13-,14+,15+,16+,17-,18+,19+,20+,21-,22-,23-,24+,25-,26-,27+,28+,29+,30+,31?,32+,33+,34+,35+,36+/m1/s1. The van der Waals surface area contributed by atoms with Gasteiger partial charge < -0.3 is 139 Å². The molecule has 7 saturated heterocycles. The van der Waals surface area contributed by atoms with Gasteiger partial charge in [-0.3, -0.25) is 9.11 Å². The van der Waals surface area contributed by atoms with E-state index in [9.17, 15) is 103 Å². The van der Waals surface area contributed by atoms with Gasteiger partial charge in [-0.1, -0.05) is 0 Å². The Hall–Kier alpha value is -1.38. The molecule has 7 rings (SSSR count). The maximum atomic E-state index is 11.7. The smallest absolute Gasteiger partial charge is 0.394 e. The molecule has 36 nitrogen and oxygen atoms in total. The van der Waals surface area contributed by atoms with Gasteiger partial charge in [0.15, 0.2) is 37.7 Å². The average molecular weight is 1130 g/mol. The second kappa shape index (κ2) is 24.5. The van der Waals surface area contributed by atoms with Crippen LogP contribution < -0.4 is 0 Å². The van der Waals surface area contributed by atoms with E-state index in [0.717, 1.165) is 0 Å². The van der Waals surface area contributed by atoms with Gasteiger partial charge in [-0.2, -0.15) is 16.8 Å². The lowest BCUT2D eigenvalue weighted by molar-refractivity contribution is -0.392. The van der Waals surface area contributed by atoms with Crippen LogP contribution in [-0.2, 0) is 86.0 Å². The Bertz CT molecular complexity index is 2030. The van der Waals surface area contributed by atoms with Crippen molar-refractivity contribution in [1.82, 2.24) is 0 Å². The van der Waals surface area contributed by atoms with Crippen LogP contribution in [0.5, 0.6) is 0 Å². The molecule has 0 radical (unpaired) electrons. The predicted molar refractivity (Wildman–Crippen MR) is 217 cm³/mol. The lowest BCUT2D eigenvalue weighted by atomic mass is 9.95. The fourth-order valence-electron chi connectivity index (χ4n) is 9.15. The summed E-state index contributed by atoms with van der Waals surface area (Å²) in [4.78, 5) is 0. The van der Waals surface area contributed by atoms with Crippen LogP contribution in [0, 0.1) is 0 Å². The third kappa shape index (κ3) is 13.1. The Morgan fingerprint density at radius 3 is 1.23 bits per heavy atom. The number of aliphatic hydroxyl groups is 16. The molecule has 432 valence electrons. The summed E-state index contributed by atoms with van der Waals surface area (Å²) in [5, 5.41) is 171. The lowest BCUT2D eigenvalue weighted by Crippen LogP contribution is -2.68. The van der Waals surface area contributed by atoms with Crippen molar-refractivity contribution in [3.05, 3.63) is 0 Å². The van der Waals surface area contributed by atoms with E-state index in [-0.39, 0.29) is 6.61 Å². The molecule has 7 aliphatic rings. The second-order valence-electron chi connectivity index (χ2n) is 17.9. The molecular weight excluding hydrogens is 1070 g/mol. The predicted octanol–water partition coefficient (Wildman–Crippen LogP) is -13.4. The SMILES string of the molecule is O=S(=O)(O)OC[C@@H]1O[C@@H](O[C@H]2[C@@H](O)[C@@H](CO)O[C@@H](O[C@H]3[C@@H](O)[C@H](O)[C@H](O[C@H]4[C@@H](O)[C@@H](CO)O[C@@H](O[C@H]5[C@H]6OC[C@@H]5O[C@@H](O[C@H]5[C@@H](O)[C@@H](CO)OC(O)[C@@H]5O)[C@H]6O)[C@@H]4O)O[C@H]3COS(=O)(=O)O)[C@@H]2O)[C@@H](O)[C@H](O)[C@@H]1O. The first kappa shape index (κ1) is 60.3. The Morgan fingerprint density at radius 2 is 0.743 bits per heavy atom. The van der Waals surface area contributed by atoms with Gasteiger partial charge in [-0.15, -0.1) is 0 Å². The Morgan fingerprint density at radius 1 is 0.365 bits per heavy atom. The van der Waals surface area contributed by atoms with Crippen LogP contribution in [-0.4, -0.2) is 332 Å². The van der Waals surface area contributed by atoms with Gasteiger partial charge in [0.1, 0.15) is 146 Å². The summed E-state index contributed by atoms with van der Waals surface area (Å²) in [6.07, 6.45) is -58.6.